The molecule has 2 rings (SSSR count). The molecule has 0 spiro atoms. The lowest BCUT2D eigenvalue weighted by atomic mass is 10.1. The van der Waals surface area contributed by atoms with Gasteiger partial charge in [0.2, 0.25) is 11.8 Å². The highest BCUT2D eigenvalue weighted by molar-refractivity contribution is 5.90. The van der Waals surface area contributed by atoms with Crippen molar-refractivity contribution in [1.82, 2.24) is 15.3 Å². The van der Waals surface area contributed by atoms with Gasteiger partial charge in [0.1, 0.15) is 17.7 Å². The van der Waals surface area contributed by atoms with Gasteiger partial charge < -0.3 is 15.4 Å². The average Bonchev–Trinajstić information content (AvgIpc) is 3.03. The molecule has 130 valence electrons. The van der Waals surface area contributed by atoms with Crippen molar-refractivity contribution >= 4 is 17.9 Å². The van der Waals surface area contributed by atoms with Gasteiger partial charge in [0.15, 0.2) is 0 Å². The van der Waals surface area contributed by atoms with E-state index in [1.165, 1.54) is 0 Å². The van der Waals surface area contributed by atoms with Crippen LogP contribution in [-0.2, 0) is 14.3 Å². The number of ether oxygens (including phenoxy) is 1. The maximum Gasteiger partial charge on any atom is 0.422 e. The van der Waals surface area contributed by atoms with Gasteiger partial charge in [-0.25, -0.2) is 9.80 Å². The lowest BCUT2D eigenvalue weighted by molar-refractivity contribution is -0.141. The predicted octanol–water partition coefficient (Wildman–Crippen LogP) is 0.367. The van der Waals surface area contributed by atoms with Gasteiger partial charge >= 0.3 is 6.09 Å². The summed E-state index contributed by atoms with van der Waals surface area (Å²) in [6, 6.07) is -1.01. The van der Waals surface area contributed by atoms with Gasteiger partial charge in [-0.1, -0.05) is 0 Å². The van der Waals surface area contributed by atoms with Crippen molar-refractivity contribution in [2.45, 2.75) is 64.1 Å². The Labute approximate surface area is 136 Å². The minimum Gasteiger partial charge on any atom is -0.443 e. The molecule has 0 unspecified atom stereocenters. The molecular weight excluding hydrogens is 300 g/mol. The van der Waals surface area contributed by atoms with Gasteiger partial charge in [-0.15, -0.1) is 0 Å². The standard InChI is InChI=1S/C15H26N4O4/c1-15(2,3)23-14(22)17-19-9-5-7-11(19)13(21)18-8-4-6-10(18)12(16)20/h10-11H,4-9H2,1-3H3,(H2,16,20)(H,17,22)/t10-,11-/m0/s1. The molecule has 2 saturated heterocycles. The Morgan fingerprint density at radius 3 is 2.30 bits per heavy atom. The molecule has 2 atom stereocenters. The Morgan fingerprint density at radius 2 is 1.70 bits per heavy atom. The van der Waals surface area contributed by atoms with Crippen molar-refractivity contribution < 1.29 is 19.1 Å². The fourth-order valence-electron chi connectivity index (χ4n) is 3.09. The van der Waals surface area contributed by atoms with E-state index >= 15 is 0 Å². The summed E-state index contributed by atoms with van der Waals surface area (Å²) in [7, 11) is 0. The molecule has 0 aromatic heterocycles. The highest BCUT2D eigenvalue weighted by Gasteiger charge is 2.40. The number of rotatable bonds is 3. The third kappa shape index (κ3) is 4.34. The van der Waals surface area contributed by atoms with Crippen molar-refractivity contribution in [1.29, 1.82) is 0 Å². The fourth-order valence-corrected chi connectivity index (χ4v) is 3.09. The van der Waals surface area contributed by atoms with E-state index in [4.69, 9.17) is 10.5 Å². The molecule has 23 heavy (non-hydrogen) atoms. The first-order chi connectivity index (χ1) is 10.7. The van der Waals surface area contributed by atoms with Gasteiger partial charge in [0, 0.05) is 13.1 Å². The number of primary amides is 1. The van der Waals surface area contributed by atoms with Gasteiger partial charge in [-0.2, -0.15) is 0 Å². The Morgan fingerprint density at radius 1 is 1.09 bits per heavy atom. The van der Waals surface area contributed by atoms with Crippen LogP contribution in [-0.4, -0.2) is 58.6 Å². The highest BCUT2D eigenvalue weighted by atomic mass is 16.6. The van der Waals surface area contributed by atoms with Gasteiger partial charge in [-0.3, -0.25) is 15.0 Å². The molecule has 0 aliphatic carbocycles. The van der Waals surface area contributed by atoms with E-state index in [9.17, 15) is 14.4 Å². The first-order valence-electron chi connectivity index (χ1n) is 8.05. The third-order valence-corrected chi connectivity index (χ3v) is 4.04. The minimum atomic E-state index is -0.602. The third-order valence-electron chi connectivity index (χ3n) is 4.04. The number of hydrogen-bond acceptors (Lipinski definition) is 5. The quantitative estimate of drug-likeness (QED) is 0.779. The second-order valence-corrected chi connectivity index (χ2v) is 7.06. The predicted molar refractivity (Wildman–Crippen MR) is 83.0 cm³/mol. The molecule has 3 amide bonds. The topological polar surface area (TPSA) is 105 Å². The van der Waals surface area contributed by atoms with E-state index in [0.29, 0.717) is 25.9 Å². The van der Waals surface area contributed by atoms with Crippen LogP contribution < -0.4 is 11.2 Å². The van der Waals surface area contributed by atoms with Crippen molar-refractivity contribution in [2.75, 3.05) is 13.1 Å². The normalized spacial score (nSPS) is 25.4. The maximum absolute atomic E-state index is 12.7. The van der Waals surface area contributed by atoms with Crippen LogP contribution in [0, 0.1) is 0 Å². The van der Waals surface area contributed by atoms with E-state index in [1.54, 1.807) is 30.7 Å². The number of likely N-dealkylation sites (tertiary alicyclic amines) is 1. The molecule has 3 N–H and O–H groups in total. The van der Waals surface area contributed by atoms with E-state index in [2.05, 4.69) is 5.43 Å². The van der Waals surface area contributed by atoms with Crippen molar-refractivity contribution in [3.8, 4) is 0 Å². The first kappa shape index (κ1) is 17.5. The molecule has 0 saturated carbocycles. The molecule has 2 heterocycles. The SMILES string of the molecule is CC(C)(C)OC(=O)NN1CCC[C@H]1C(=O)N1CCC[C@H]1C(N)=O. The summed E-state index contributed by atoms with van der Waals surface area (Å²) in [4.78, 5) is 37.6. The van der Waals surface area contributed by atoms with Crippen LogP contribution in [0.1, 0.15) is 46.5 Å². The molecule has 8 heteroatoms. The summed E-state index contributed by atoms with van der Waals surface area (Å²) < 4.78 is 5.22. The van der Waals surface area contributed by atoms with Crippen LogP contribution in [0.3, 0.4) is 0 Å². The van der Waals surface area contributed by atoms with Crippen LogP contribution in [0.4, 0.5) is 4.79 Å². The Balaban J connectivity index is 1.99. The van der Waals surface area contributed by atoms with Crippen LogP contribution in [0.5, 0.6) is 0 Å². The van der Waals surface area contributed by atoms with Crippen LogP contribution >= 0.6 is 0 Å². The zero-order valence-corrected chi connectivity index (χ0v) is 14.0. The number of nitrogens with two attached hydrogens (primary N) is 1. The van der Waals surface area contributed by atoms with Crippen molar-refractivity contribution in [2.24, 2.45) is 5.73 Å². The van der Waals surface area contributed by atoms with Crippen LogP contribution in [0.2, 0.25) is 0 Å². The molecule has 0 radical (unpaired) electrons. The minimum absolute atomic E-state index is 0.153. The number of amides is 3. The summed E-state index contributed by atoms with van der Waals surface area (Å²) in [6.07, 6.45) is 2.22. The number of nitrogens with one attached hydrogen (secondary N) is 1. The second kappa shape index (κ2) is 6.74. The zero-order chi connectivity index (χ0) is 17.2. The molecule has 0 aromatic rings. The molecule has 8 nitrogen and oxygen atoms in total. The second-order valence-electron chi connectivity index (χ2n) is 7.06. The summed E-state index contributed by atoms with van der Waals surface area (Å²) >= 11 is 0. The monoisotopic (exact) mass is 326 g/mol. The number of carbonyl (C=O) groups is 3. The van der Waals surface area contributed by atoms with E-state index in [1.807, 2.05) is 0 Å². The zero-order valence-electron chi connectivity index (χ0n) is 14.0. The smallest absolute Gasteiger partial charge is 0.422 e. The highest BCUT2D eigenvalue weighted by Crippen LogP contribution is 2.23. The Hall–Kier alpha value is -1.83. The fraction of sp³-hybridized carbons (Fsp3) is 0.800. The Kier molecular flexibility index (Phi) is 5.13. The van der Waals surface area contributed by atoms with E-state index < -0.39 is 29.7 Å². The molecular formula is C15H26N4O4. The molecule has 2 aliphatic rings. The maximum atomic E-state index is 12.7. The molecule has 0 bridgehead atoms. The average molecular weight is 326 g/mol. The summed E-state index contributed by atoms with van der Waals surface area (Å²) in [6.45, 7) is 6.44. The van der Waals surface area contributed by atoms with Crippen LogP contribution in [0.15, 0.2) is 0 Å². The molecule has 2 aliphatic heterocycles. The lowest BCUT2D eigenvalue weighted by Crippen LogP contribution is -2.55. The molecule has 2 fully saturated rings. The van der Waals surface area contributed by atoms with Crippen molar-refractivity contribution in [3.63, 3.8) is 0 Å². The van der Waals surface area contributed by atoms with E-state index in [-0.39, 0.29) is 5.91 Å². The lowest BCUT2D eigenvalue weighted by Gasteiger charge is -2.31. The van der Waals surface area contributed by atoms with E-state index in [0.717, 1.165) is 12.8 Å². The summed E-state index contributed by atoms with van der Waals surface area (Å²) in [5.41, 5.74) is 7.41. The number of carbonyl (C=O) groups excluding carboxylic acids is 3. The van der Waals surface area contributed by atoms with Crippen LogP contribution in [0.25, 0.3) is 0 Å². The van der Waals surface area contributed by atoms with Gasteiger partial charge in [0.05, 0.1) is 0 Å². The number of hydrogen-bond donors (Lipinski definition) is 2. The number of hydrazine groups is 1. The summed E-state index contributed by atoms with van der Waals surface area (Å²) in [5, 5.41) is 1.60. The molecule has 0 aromatic carbocycles. The van der Waals surface area contributed by atoms with Gasteiger partial charge in [0.25, 0.3) is 0 Å². The summed E-state index contributed by atoms with van der Waals surface area (Å²) in [5.74, 6) is -0.625. The largest absolute Gasteiger partial charge is 0.443 e. The first-order valence-corrected chi connectivity index (χ1v) is 8.05. The Bertz CT molecular complexity index is 488. The number of nitrogens with zero attached hydrogens (tertiary/aromatic N) is 2. The van der Waals surface area contributed by atoms with Crippen molar-refractivity contribution in [3.05, 3.63) is 0 Å². The van der Waals surface area contributed by atoms with Gasteiger partial charge in [-0.05, 0) is 46.5 Å².